The van der Waals surface area contributed by atoms with E-state index >= 15 is 0 Å². The van der Waals surface area contributed by atoms with Crippen LogP contribution in [-0.4, -0.2) is 50.7 Å². The molecule has 1 saturated heterocycles. The second kappa shape index (κ2) is 8.95. The van der Waals surface area contributed by atoms with Gasteiger partial charge >= 0.3 is 0 Å². The first-order chi connectivity index (χ1) is 14.5. The molecule has 160 valence electrons. The molecule has 4 heterocycles. The molecular formula is C22H32N8. The van der Waals surface area contributed by atoms with Gasteiger partial charge in [0.2, 0.25) is 0 Å². The largest absolute Gasteiger partial charge is 0.380 e. The quantitative estimate of drug-likeness (QED) is 0.619. The lowest BCUT2D eigenvalue weighted by Gasteiger charge is -2.29. The van der Waals surface area contributed by atoms with Crippen molar-refractivity contribution in [1.82, 2.24) is 29.9 Å². The van der Waals surface area contributed by atoms with E-state index in [1.54, 1.807) is 0 Å². The smallest absolute Gasteiger partial charge is 0.196 e. The summed E-state index contributed by atoms with van der Waals surface area (Å²) in [6, 6.07) is 2.22. The fourth-order valence-corrected chi connectivity index (χ4v) is 4.25. The van der Waals surface area contributed by atoms with E-state index in [9.17, 15) is 0 Å². The Hall–Kier alpha value is -2.74. The van der Waals surface area contributed by atoms with Crippen LogP contribution in [0.1, 0.15) is 49.3 Å². The SMILES string of the molecule is CCCC(C)Cc1nc(N)c2ncc(Cc3cnc(N4CCNCC4)c(C)c3)n2n1. The zero-order chi connectivity index (χ0) is 21.1. The second-order valence-electron chi connectivity index (χ2n) is 8.39. The summed E-state index contributed by atoms with van der Waals surface area (Å²) in [6.07, 6.45) is 7.66. The average Bonchev–Trinajstić information content (AvgIpc) is 3.12. The van der Waals surface area contributed by atoms with E-state index in [0.717, 1.165) is 68.3 Å². The molecule has 3 aromatic rings. The Balaban J connectivity index is 1.57. The van der Waals surface area contributed by atoms with Crippen LogP contribution < -0.4 is 16.0 Å². The van der Waals surface area contributed by atoms with Gasteiger partial charge in [0, 0.05) is 45.2 Å². The summed E-state index contributed by atoms with van der Waals surface area (Å²) in [5, 5.41) is 8.14. The summed E-state index contributed by atoms with van der Waals surface area (Å²) in [5.41, 5.74) is 10.2. The maximum Gasteiger partial charge on any atom is 0.196 e. The van der Waals surface area contributed by atoms with Crippen LogP contribution in [-0.2, 0) is 12.8 Å². The topological polar surface area (TPSA) is 97.3 Å². The molecular weight excluding hydrogens is 376 g/mol. The maximum absolute atomic E-state index is 6.18. The van der Waals surface area contributed by atoms with Crippen molar-refractivity contribution in [2.75, 3.05) is 36.8 Å². The minimum Gasteiger partial charge on any atom is -0.380 e. The van der Waals surface area contributed by atoms with Crippen molar-refractivity contribution >= 4 is 17.3 Å². The van der Waals surface area contributed by atoms with Gasteiger partial charge in [-0.2, -0.15) is 5.10 Å². The Kier molecular flexibility index (Phi) is 6.13. The van der Waals surface area contributed by atoms with Gasteiger partial charge in [0.05, 0.1) is 11.9 Å². The van der Waals surface area contributed by atoms with Gasteiger partial charge in [-0.25, -0.2) is 19.5 Å². The summed E-state index contributed by atoms with van der Waals surface area (Å²) in [5.74, 6) is 2.84. The Morgan fingerprint density at radius 2 is 2.00 bits per heavy atom. The molecule has 0 aromatic carbocycles. The predicted molar refractivity (Wildman–Crippen MR) is 120 cm³/mol. The number of imidazole rings is 1. The highest BCUT2D eigenvalue weighted by Gasteiger charge is 2.16. The first kappa shape index (κ1) is 20.5. The number of rotatable bonds is 7. The third-order valence-electron chi connectivity index (χ3n) is 5.72. The number of nitrogen functional groups attached to an aromatic ring is 1. The molecule has 1 aliphatic rings. The van der Waals surface area contributed by atoms with E-state index in [1.807, 2.05) is 16.9 Å². The Morgan fingerprint density at radius 1 is 1.20 bits per heavy atom. The zero-order valence-electron chi connectivity index (χ0n) is 18.2. The fourth-order valence-electron chi connectivity index (χ4n) is 4.25. The highest BCUT2D eigenvalue weighted by Crippen LogP contribution is 2.21. The molecule has 0 spiro atoms. The van der Waals surface area contributed by atoms with Gasteiger partial charge in [0.15, 0.2) is 17.3 Å². The van der Waals surface area contributed by atoms with Crippen LogP contribution >= 0.6 is 0 Å². The van der Waals surface area contributed by atoms with Crippen LogP contribution in [0.2, 0.25) is 0 Å². The highest BCUT2D eigenvalue weighted by molar-refractivity contribution is 5.59. The molecule has 4 rings (SSSR count). The van der Waals surface area contributed by atoms with Crippen LogP contribution in [0.3, 0.4) is 0 Å². The molecule has 0 amide bonds. The lowest BCUT2D eigenvalue weighted by atomic mass is 10.0. The van der Waals surface area contributed by atoms with Crippen molar-refractivity contribution in [2.24, 2.45) is 5.92 Å². The van der Waals surface area contributed by atoms with Crippen LogP contribution in [0.25, 0.3) is 5.65 Å². The number of hydrogen-bond acceptors (Lipinski definition) is 7. The molecule has 3 aromatic heterocycles. The van der Waals surface area contributed by atoms with Gasteiger partial charge in [-0.15, -0.1) is 0 Å². The van der Waals surface area contributed by atoms with E-state index < -0.39 is 0 Å². The molecule has 3 N–H and O–H groups in total. The predicted octanol–water partition coefficient (Wildman–Crippen LogP) is 2.39. The monoisotopic (exact) mass is 408 g/mol. The van der Waals surface area contributed by atoms with Crippen LogP contribution in [0.4, 0.5) is 11.6 Å². The lowest BCUT2D eigenvalue weighted by molar-refractivity contribution is 0.504. The van der Waals surface area contributed by atoms with Crippen molar-refractivity contribution in [2.45, 2.75) is 46.5 Å². The first-order valence-corrected chi connectivity index (χ1v) is 10.9. The number of nitrogens with one attached hydrogen (secondary N) is 1. The number of nitrogens with zero attached hydrogens (tertiary/aromatic N) is 6. The van der Waals surface area contributed by atoms with Gasteiger partial charge in [-0.3, -0.25) is 0 Å². The summed E-state index contributed by atoms with van der Waals surface area (Å²) in [7, 11) is 0. The minimum absolute atomic E-state index is 0.443. The molecule has 0 aliphatic carbocycles. The average molecular weight is 409 g/mol. The van der Waals surface area contributed by atoms with Crippen LogP contribution in [0.5, 0.6) is 0 Å². The summed E-state index contributed by atoms with van der Waals surface area (Å²) < 4.78 is 1.86. The van der Waals surface area contributed by atoms with Crippen molar-refractivity contribution in [3.63, 3.8) is 0 Å². The van der Waals surface area contributed by atoms with Gasteiger partial charge in [0.25, 0.3) is 0 Å². The Morgan fingerprint density at radius 3 is 2.73 bits per heavy atom. The number of pyridine rings is 1. The number of aryl methyl sites for hydroxylation is 1. The van der Waals surface area contributed by atoms with Gasteiger partial charge < -0.3 is 16.0 Å². The number of piperazine rings is 1. The number of anilines is 2. The summed E-state index contributed by atoms with van der Waals surface area (Å²) in [4.78, 5) is 16.1. The maximum atomic E-state index is 6.18. The van der Waals surface area contributed by atoms with Crippen molar-refractivity contribution in [1.29, 1.82) is 0 Å². The standard InChI is InChI=1S/C22H32N8/c1-4-5-15(2)10-19-27-20(23)22-26-14-18(30(22)28-19)12-17-11-16(3)21(25-13-17)29-8-6-24-7-9-29/h11,13-15,24H,4-10,12H2,1-3H3,(H2,23,27,28). The van der Waals surface area contributed by atoms with Crippen molar-refractivity contribution in [3.8, 4) is 0 Å². The molecule has 0 saturated carbocycles. The van der Waals surface area contributed by atoms with E-state index in [0.29, 0.717) is 23.8 Å². The van der Waals surface area contributed by atoms with Gasteiger partial charge in [0.1, 0.15) is 5.82 Å². The second-order valence-corrected chi connectivity index (χ2v) is 8.39. The number of nitrogens with two attached hydrogens (primary N) is 1. The van der Waals surface area contributed by atoms with Crippen molar-refractivity contribution < 1.29 is 0 Å². The zero-order valence-corrected chi connectivity index (χ0v) is 18.2. The van der Waals surface area contributed by atoms with Crippen LogP contribution in [0, 0.1) is 12.8 Å². The molecule has 0 bridgehead atoms. The molecule has 30 heavy (non-hydrogen) atoms. The molecule has 1 fully saturated rings. The van der Waals surface area contributed by atoms with Crippen LogP contribution in [0.15, 0.2) is 18.5 Å². The molecule has 8 heteroatoms. The van der Waals surface area contributed by atoms with E-state index in [1.165, 1.54) is 5.56 Å². The highest BCUT2D eigenvalue weighted by atomic mass is 15.3. The van der Waals surface area contributed by atoms with E-state index in [2.05, 4.69) is 47.0 Å². The molecule has 0 radical (unpaired) electrons. The Labute approximate surface area is 177 Å². The molecule has 1 atom stereocenters. The van der Waals surface area contributed by atoms with E-state index in [-0.39, 0.29) is 0 Å². The summed E-state index contributed by atoms with van der Waals surface area (Å²) in [6.45, 7) is 10.6. The normalized spacial score (nSPS) is 15.6. The van der Waals surface area contributed by atoms with Crippen molar-refractivity contribution in [3.05, 3.63) is 41.1 Å². The Bertz CT molecular complexity index is 1010. The number of aromatic nitrogens is 5. The molecule has 1 unspecified atom stereocenters. The molecule has 1 aliphatic heterocycles. The van der Waals surface area contributed by atoms with E-state index in [4.69, 9.17) is 15.8 Å². The molecule has 8 nitrogen and oxygen atoms in total. The fraction of sp³-hybridized carbons (Fsp3) is 0.545. The van der Waals surface area contributed by atoms with Gasteiger partial charge in [-0.05, 0) is 24.0 Å². The third-order valence-corrected chi connectivity index (χ3v) is 5.72. The minimum atomic E-state index is 0.443. The van der Waals surface area contributed by atoms with Gasteiger partial charge in [-0.1, -0.05) is 32.8 Å². The summed E-state index contributed by atoms with van der Waals surface area (Å²) >= 11 is 0. The number of fused-ring (bicyclic) bond motifs is 1. The number of hydrogen-bond donors (Lipinski definition) is 2. The lowest BCUT2D eigenvalue weighted by Crippen LogP contribution is -2.44. The first-order valence-electron chi connectivity index (χ1n) is 10.9. The third kappa shape index (κ3) is 4.38.